The number of methoxy groups -OCH3 is 2. The Morgan fingerprint density at radius 2 is 2.07 bits per heavy atom. The van der Waals surface area contributed by atoms with Gasteiger partial charge in [-0.1, -0.05) is 0 Å². The van der Waals surface area contributed by atoms with Crippen molar-refractivity contribution in [1.29, 1.82) is 0 Å². The lowest BCUT2D eigenvalue weighted by Crippen LogP contribution is -2.04. The van der Waals surface area contributed by atoms with E-state index in [2.05, 4.69) is 15.9 Å². The molecule has 0 aromatic heterocycles. The third-order valence-electron chi connectivity index (χ3n) is 1.91. The molecule has 1 aromatic carbocycles. The molecule has 3 nitrogen and oxygen atoms in total. The first-order valence-corrected chi connectivity index (χ1v) is 5.48. The molecule has 0 aliphatic heterocycles. The summed E-state index contributed by atoms with van der Waals surface area (Å²) in [7, 11) is 3.03. The average molecular weight is 294 g/mol. The highest BCUT2D eigenvalue weighted by Gasteiger charge is 2.17. The molecule has 0 heterocycles. The minimum absolute atomic E-state index is 0.0743. The van der Waals surface area contributed by atoms with Gasteiger partial charge in [-0.3, -0.25) is 4.79 Å². The summed E-state index contributed by atoms with van der Waals surface area (Å²) in [4.78, 5) is 11.5. The maximum absolute atomic E-state index is 11.5. The summed E-state index contributed by atoms with van der Waals surface area (Å²) in [6.45, 7) is 0. The van der Waals surface area contributed by atoms with Gasteiger partial charge in [0.2, 0.25) is 0 Å². The molecular formula is C10H10BrClO3. The zero-order chi connectivity index (χ0) is 11.4. The lowest BCUT2D eigenvalue weighted by atomic mass is 10.1. The molecule has 0 saturated carbocycles. The zero-order valence-corrected chi connectivity index (χ0v) is 10.7. The van der Waals surface area contributed by atoms with Crippen LogP contribution in [0.2, 0.25) is 0 Å². The number of rotatable bonds is 4. The Morgan fingerprint density at radius 3 is 2.53 bits per heavy atom. The van der Waals surface area contributed by atoms with Crippen LogP contribution < -0.4 is 9.47 Å². The van der Waals surface area contributed by atoms with Gasteiger partial charge in [0, 0.05) is 0 Å². The molecule has 1 aromatic rings. The van der Waals surface area contributed by atoms with E-state index in [4.69, 9.17) is 21.1 Å². The van der Waals surface area contributed by atoms with Gasteiger partial charge in [0.05, 0.1) is 25.7 Å². The van der Waals surface area contributed by atoms with Crippen LogP contribution in [0.15, 0.2) is 16.6 Å². The van der Waals surface area contributed by atoms with Crippen molar-refractivity contribution in [3.05, 3.63) is 22.2 Å². The summed E-state index contributed by atoms with van der Waals surface area (Å²) in [5, 5.41) is 0. The van der Waals surface area contributed by atoms with Gasteiger partial charge in [-0.25, -0.2) is 0 Å². The molecule has 1 rings (SSSR count). The standard InChI is InChI=1S/C10H10BrClO3/c1-14-8-4-3-6(7(13)5-12)10(15-2)9(8)11/h3-4H,5H2,1-2H3. The fraction of sp³-hybridized carbons (Fsp3) is 0.300. The molecule has 0 N–H and O–H groups in total. The molecule has 0 unspecified atom stereocenters. The number of hydrogen-bond donors (Lipinski definition) is 0. The Balaban J connectivity index is 3.30. The molecule has 0 aliphatic rings. The number of Topliss-reactive ketones (excluding diaryl/α,β-unsaturated/α-hetero) is 1. The number of ether oxygens (including phenoxy) is 2. The van der Waals surface area contributed by atoms with Crippen molar-refractivity contribution in [2.45, 2.75) is 0 Å². The normalized spacial score (nSPS) is 9.87. The van der Waals surface area contributed by atoms with E-state index in [1.165, 1.54) is 7.11 Å². The van der Waals surface area contributed by atoms with Crippen LogP contribution in [0, 0.1) is 0 Å². The van der Waals surface area contributed by atoms with E-state index in [9.17, 15) is 4.79 Å². The first-order chi connectivity index (χ1) is 7.15. The minimum atomic E-state index is -0.183. The molecule has 15 heavy (non-hydrogen) atoms. The highest BCUT2D eigenvalue weighted by atomic mass is 79.9. The van der Waals surface area contributed by atoms with Crippen molar-refractivity contribution in [2.75, 3.05) is 20.1 Å². The van der Waals surface area contributed by atoms with E-state index in [-0.39, 0.29) is 11.7 Å². The monoisotopic (exact) mass is 292 g/mol. The number of alkyl halides is 1. The molecule has 0 bridgehead atoms. The SMILES string of the molecule is COc1ccc(C(=O)CCl)c(OC)c1Br. The van der Waals surface area contributed by atoms with Crippen LogP contribution in [0.25, 0.3) is 0 Å². The van der Waals surface area contributed by atoms with Crippen molar-refractivity contribution >= 4 is 33.3 Å². The molecule has 0 aliphatic carbocycles. The van der Waals surface area contributed by atoms with Crippen LogP contribution >= 0.6 is 27.5 Å². The van der Waals surface area contributed by atoms with E-state index in [0.29, 0.717) is 21.5 Å². The lowest BCUT2D eigenvalue weighted by molar-refractivity contribution is 0.101. The highest BCUT2D eigenvalue weighted by molar-refractivity contribution is 9.10. The second-order valence-corrected chi connectivity index (χ2v) is 3.78. The van der Waals surface area contributed by atoms with Crippen LogP contribution in [-0.2, 0) is 0 Å². The van der Waals surface area contributed by atoms with Crippen LogP contribution in [0.4, 0.5) is 0 Å². The third-order valence-corrected chi connectivity index (χ3v) is 2.90. The second kappa shape index (κ2) is 5.37. The highest BCUT2D eigenvalue weighted by Crippen LogP contribution is 2.37. The predicted octanol–water partition coefficient (Wildman–Crippen LogP) is 2.89. The number of ketones is 1. The van der Waals surface area contributed by atoms with Crippen LogP contribution in [-0.4, -0.2) is 25.9 Å². The fourth-order valence-electron chi connectivity index (χ4n) is 1.19. The number of halogens is 2. The third kappa shape index (κ3) is 2.44. The summed E-state index contributed by atoms with van der Waals surface area (Å²) < 4.78 is 10.8. The Labute approximate surface area is 101 Å². The number of hydrogen-bond acceptors (Lipinski definition) is 3. The molecular weight excluding hydrogens is 283 g/mol. The van der Waals surface area contributed by atoms with Gasteiger partial charge >= 0.3 is 0 Å². The van der Waals surface area contributed by atoms with Crippen molar-refractivity contribution in [1.82, 2.24) is 0 Å². The summed E-state index contributed by atoms with van der Waals surface area (Å²) in [5.41, 5.74) is 0.445. The molecule has 0 fully saturated rings. The van der Waals surface area contributed by atoms with Crippen molar-refractivity contribution < 1.29 is 14.3 Å². The Bertz CT molecular complexity index is 379. The predicted molar refractivity (Wildman–Crippen MR) is 62.3 cm³/mol. The van der Waals surface area contributed by atoms with E-state index in [1.54, 1.807) is 19.2 Å². The average Bonchev–Trinajstić information content (AvgIpc) is 2.27. The van der Waals surface area contributed by atoms with Crippen molar-refractivity contribution in [2.24, 2.45) is 0 Å². The van der Waals surface area contributed by atoms with E-state index >= 15 is 0 Å². The maximum atomic E-state index is 11.5. The van der Waals surface area contributed by atoms with Crippen molar-refractivity contribution in [3.63, 3.8) is 0 Å². The quantitative estimate of drug-likeness (QED) is 0.632. The number of carbonyl (C=O) groups excluding carboxylic acids is 1. The summed E-state index contributed by atoms with van der Waals surface area (Å²) in [6, 6.07) is 3.32. The zero-order valence-electron chi connectivity index (χ0n) is 8.34. The Morgan fingerprint density at radius 1 is 1.40 bits per heavy atom. The van der Waals surface area contributed by atoms with Gasteiger partial charge < -0.3 is 9.47 Å². The fourth-order valence-corrected chi connectivity index (χ4v) is 2.00. The number of benzene rings is 1. The van der Waals surface area contributed by atoms with Gasteiger partial charge in [0.15, 0.2) is 5.78 Å². The molecule has 82 valence electrons. The molecule has 0 amide bonds. The van der Waals surface area contributed by atoms with Gasteiger partial charge in [-0.2, -0.15) is 0 Å². The van der Waals surface area contributed by atoms with E-state index in [0.717, 1.165) is 0 Å². The summed E-state index contributed by atoms with van der Waals surface area (Å²) >= 11 is 8.79. The van der Waals surface area contributed by atoms with E-state index < -0.39 is 0 Å². The number of carbonyl (C=O) groups is 1. The Kier molecular flexibility index (Phi) is 4.42. The van der Waals surface area contributed by atoms with Gasteiger partial charge in [-0.05, 0) is 28.1 Å². The first-order valence-electron chi connectivity index (χ1n) is 4.15. The first kappa shape index (κ1) is 12.3. The van der Waals surface area contributed by atoms with Crippen molar-refractivity contribution in [3.8, 4) is 11.5 Å². The summed E-state index contributed by atoms with van der Waals surface area (Å²) in [6.07, 6.45) is 0. The Hall–Kier alpha value is -0.740. The summed E-state index contributed by atoms with van der Waals surface area (Å²) in [5.74, 6) is 0.796. The van der Waals surface area contributed by atoms with Gasteiger partial charge in [0.1, 0.15) is 16.0 Å². The van der Waals surface area contributed by atoms with Gasteiger partial charge in [0.25, 0.3) is 0 Å². The largest absolute Gasteiger partial charge is 0.495 e. The molecule has 0 saturated heterocycles. The van der Waals surface area contributed by atoms with E-state index in [1.807, 2.05) is 0 Å². The lowest BCUT2D eigenvalue weighted by Gasteiger charge is -2.11. The minimum Gasteiger partial charge on any atom is -0.495 e. The molecule has 0 atom stereocenters. The van der Waals surface area contributed by atoms with Crippen LogP contribution in [0.3, 0.4) is 0 Å². The van der Waals surface area contributed by atoms with Gasteiger partial charge in [-0.15, -0.1) is 11.6 Å². The smallest absolute Gasteiger partial charge is 0.181 e. The molecule has 5 heteroatoms. The topological polar surface area (TPSA) is 35.5 Å². The molecule has 0 radical (unpaired) electrons. The van der Waals surface area contributed by atoms with Crippen LogP contribution in [0.5, 0.6) is 11.5 Å². The maximum Gasteiger partial charge on any atom is 0.181 e. The molecule has 0 spiro atoms. The second-order valence-electron chi connectivity index (χ2n) is 2.72. The van der Waals surface area contributed by atoms with Crippen LogP contribution in [0.1, 0.15) is 10.4 Å².